The number of nitrogens with zero attached hydrogens (tertiary/aromatic N) is 3. The second-order valence-electron chi connectivity index (χ2n) is 6.71. The van der Waals surface area contributed by atoms with Crippen LogP contribution in [0.15, 0.2) is 24.5 Å². The monoisotopic (exact) mass is 412 g/mol. The zero-order chi connectivity index (χ0) is 21.6. The maximum atomic E-state index is 12.5. The van der Waals surface area contributed by atoms with Gasteiger partial charge in [0.15, 0.2) is 0 Å². The van der Waals surface area contributed by atoms with Gasteiger partial charge in [0.1, 0.15) is 0 Å². The van der Waals surface area contributed by atoms with Crippen LogP contribution in [0.25, 0.3) is 11.3 Å². The lowest BCUT2D eigenvalue weighted by Gasteiger charge is -2.16. The van der Waals surface area contributed by atoms with Gasteiger partial charge in [-0.2, -0.15) is 18.3 Å². The van der Waals surface area contributed by atoms with Crippen LogP contribution in [0.2, 0.25) is 0 Å². The van der Waals surface area contributed by atoms with Crippen LogP contribution in [0.3, 0.4) is 0 Å². The van der Waals surface area contributed by atoms with Gasteiger partial charge in [0.2, 0.25) is 5.91 Å². The number of pyridine rings is 1. The number of carbonyl (C=O) groups excluding carboxylic acids is 1. The highest BCUT2D eigenvalue weighted by Crippen LogP contribution is 2.29. The molecule has 1 amide bonds. The largest absolute Gasteiger partial charge is 0.490 e. The number of carboxylic acids is 1. The predicted octanol–water partition coefficient (Wildman–Crippen LogP) is 3.81. The average Bonchev–Trinajstić information content (AvgIpc) is 3.01. The molecule has 0 aromatic carbocycles. The molecule has 10 heteroatoms. The number of carboxylic acid groups (broad SMARTS) is 1. The van der Waals surface area contributed by atoms with E-state index in [4.69, 9.17) is 9.90 Å². The SMILES string of the molecule is CCC1CCCCc2cc(ccn2)-c2c(cnn2C)NC1=O.O=C(O)C(F)(F)F. The third kappa shape index (κ3) is 6.03. The summed E-state index contributed by atoms with van der Waals surface area (Å²) in [6.45, 7) is 2.07. The summed E-state index contributed by atoms with van der Waals surface area (Å²) in [6, 6.07) is 4.07. The molecule has 7 nitrogen and oxygen atoms in total. The maximum Gasteiger partial charge on any atom is 0.490 e. The summed E-state index contributed by atoms with van der Waals surface area (Å²) in [7, 11) is 1.90. The molecule has 1 aliphatic heterocycles. The average molecular weight is 412 g/mol. The zero-order valence-electron chi connectivity index (χ0n) is 16.2. The fourth-order valence-electron chi connectivity index (χ4n) is 3.09. The van der Waals surface area contributed by atoms with Crippen molar-refractivity contribution in [1.29, 1.82) is 0 Å². The number of halogens is 3. The fraction of sp³-hybridized carbons (Fsp3) is 0.474. The van der Waals surface area contributed by atoms with Crippen molar-refractivity contribution in [2.45, 2.75) is 45.2 Å². The van der Waals surface area contributed by atoms with E-state index in [1.165, 1.54) is 0 Å². The Bertz CT molecular complexity index is 865. The number of aryl methyl sites for hydroxylation is 2. The van der Waals surface area contributed by atoms with Gasteiger partial charge in [-0.3, -0.25) is 14.5 Å². The van der Waals surface area contributed by atoms with Crippen molar-refractivity contribution in [3.8, 4) is 11.3 Å². The third-order valence-corrected chi connectivity index (χ3v) is 4.63. The molecule has 1 aliphatic rings. The number of amides is 1. The number of fused-ring (bicyclic) bond motifs is 4. The molecule has 1 unspecified atom stereocenters. The fourth-order valence-corrected chi connectivity index (χ4v) is 3.09. The molecule has 158 valence electrons. The number of aliphatic carboxylic acids is 1. The minimum atomic E-state index is -5.08. The minimum Gasteiger partial charge on any atom is -0.475 e. The van der Waals surface area contributed by atoms with Crippen LogP contribution in [0.1, 0.15) is 38.3 Å². The highest BCUT2D eigenvalue weighted by molar-refractivity contribution is 5.96. The standard InChI is InChI=1S/C17H22N4O.C2HF3O2/c1-3-12-6-4-5-7-14-10-13(8-9-18-14)16-15(20-17(12)22)11-19-21(16)2;3-2(4,5)1(6)7/h8-12H,3-7H2,1-2H3,(H,20,22);(H,6,7). The van der Waals surface area contributed by atoms with Crippen LogP contribution < -0.4 is 5.32 Å². The zero-order valence-corrected chi connectivity index (χ0v) is 16.2. The minimum absolute atomic E-state index is 0.0683. The summed E-state index contributed by atoms with van der Waals surface area (Å²) in [4.78, 5) is 25.9. The van der Waals surface area contributed by atoms with Crippen molar-refractivity contribution in [3.05, 3.63) is 30.2 Å². The van der Waals surface area contributed by atoms with Gasteiger partial charge >= 0.3 is 12.1 Å². The first-order valence-corrected chi connectivity index (χ1v) is 9.21. The molecule has 0 saturated heterocycles. The predicted molar refractivity (Wildman–Crippen MR) is 100 cm³/mol. The summed E-state index contributed by atoms with van der Waals surface area (Å²) < 4.78 is 33.5. The molecule has 29 heavy (non-hydrogen) atoms. The van der Waals surface area contributed by atoms with Crippen LogP contribution in [0, 0.1) is 5.92 Å². The maximum absolute atomic E-state index is 12.5. The molecule has 2 aromatic heterocycles. The number of aromatic nitrogens is 3. The Morgan fingerprint density at radius 3 is 2.69 bits per heavy atom. The third-order valence-electron chi connectivity index (χ3n) is 4.63. The smallest absolute Gasteiger partial charge is 0.475 e. The van der Waals surface area contributed by atoms with Crippen LogP contribution in [0.5, 0.6) is 0 Å². The number of carbonyl (C=O) groups is 2. The summed E-state index contributed by atoms with van der Waals surface area (Å²) in [5, 5.41) is 14.5. The van der Waals surface area contributed by atoms with E-state index in [1.807, 2.05) is 19.3 Å². The van der Waals surface area contributed by atoms with Crippen LogP contribution in [-0.2, 0) is 23.1 Å². The van der Waals surface area contributed by atoms with Crippen LogP contribution in [0.4, 0.5) is 18.9 Å². The number of nitrogens with one attached hydrogen (secondary N) is 1. The van der Waals surface area contributed by atoms with Crippen LogP contribution >= 0.6 is 0 Å². The van der Waals surface area contributed by atoms with E-state index in [2.05, 4.69) is 28.4 Å². The van der Waals surface area contributed by atoms with Crippen molar-refractivity contribution in [1.82, 2.24) is 14.8 Å². The Kier molecular flexibility index (Phi) is 7.35. The Balaban J connectivity index is 0.000000370. The molecule has 2 aromatic rings. The molecule has 2 N–H and O–H groups in total. The van der Waals surface area contributed by atoms with Gasteiger partial charge in [0.05, 0.1) is 17.6 Å². The lowest BCUT2D eigenvalue weighted by atomic mass is 9.96. The highest BCUT2D eigenvalue weighted by Gasteiger charge is 2.38. The molecule has 0 saturated carbocycles. The molecule has 0 radical (unpaired) electrons. The number of alkyl halides is 3. The Labute approximate surface area is 165 Å². The van der Waals surface area contributed by atoms with Gasteiger partial charge in [-0.1, -0.05) is 13.3 Å². The van der Waals surface area contributed by atoms with Gasteiger partial charge in [0, 0.05) is 30.4 Å². The number of rotatable bonds is 1. The second kappa shape index (κ2) is 9.53. The summed E-state index contributed by atoms with van der Waals surface area (Å²) in [5.41, 5.74) is 3.87. The molecule has 3 rings (SSSR count). The van der Waals surface area contributed by atoms with E-state index in [9.17, 15) is 18.0 Å². The Morgan fingerprint density at radius 1 is 1.38 bits per heavy atom. The normalized spacial score (nSPS) is 17.0. The quantitative estimate of drug-likeness (QED) is 0.743. The number of hydrogen-bond donors (Lipinski definition) is 2. The first-order chi connectivity index (χ1) is 13.6. The van der Waals surface area contributed by atoms with E-state index in [1.54, 1.807) is 10.9 Å². The summed E-state index contributed by atoms with van der Waals surface area (Å²) >= 11 is 0. The summed E-state index contributed by atoms with van der Waals surface area (Å²) in [5.74, 6) is -2.59. The van der Waals surface area contributed by atoms with Gasteiger partial charge in [-0.15, -0.1) is 0 Å². The lowest BCUT2D eigenvalue weighted by Crippen LogP contribution is -2.22. The molecule has 0 fully saturated rings. The van der Waals surface area contributed by atoms with Gasteiger partial charge < -0.3 is 10.4 Å². The van der Waals surface area contributed by atoms with Crippen molar-refractivity contribution in [2.75, 3.05) is 5.32 Å². The van der Waals surface area contributed by atoms with Crippen molar-refractivity contribution in [3.63, 3.8) is 0 Å². The molecule has 3 heterocycles. The van der Waals surface area contributed by atoms with Crippen molar-refractivity contribution < 1.29 is 27.9 Å². The Hall–Kier alpha value is -2.91. The van der Waals surface area contributed by atoms with E-state index in [-0.39, 0.29) is 11.8 Å². The molecular formula is C19H23F3N4O3. The van der Waals surface area contributed by atoms with Crippen molar-refractivity contribution in [2.24, 2.45) is 13.0 Å². The first kappa shape index (κ1) is 22.4. The molecular weight excluding hydrogens is 389 g/mol. The first-order valence-electron chi connectivity index (χ1n) is 9.21. The topological polar surface area (TPSA) is 97.1 Å². The van der Waals surface area contributed by atoms with Gasteiger partial charge in [0.25, 0.3) is 0 Å². The van der Waals surface area contributed by atoms with Gasteiger partial charge in [-0.25, -0.2) is 4.79 Å². The second-order valence-corrected chi connectivity index (χ2v) is 6.71. The van der Waals surface area contributed by atoms with Crippen LogP contribution in [-0.4, -0.2) is 37.9 Å². The van der Waals surface area contributed by atoms with E-state index < -0.39 is 12.1 Å². The molecule has 2 bridgehead atoms. The highest BCUT2D eigenvalue weighted by atomic mass is 19.4. The molecule has 1 atom stereocenters. The van der Waals surface area contributed by atoms with E-state index >= 15 is 0 Å². The van der Waals surface area contributed by atoms with E-state index in [0.29, 0.717) is 0 Å². The summed E-state index contributed by atoms with van der Waals surface area (Å²) in [6.07, 6.45) is 3.35. The number of anilines is 1. The van der Waals surface area contributed by atoms with Gasteiger partial charge in [-0.05, 0) is 37.8 Å². The molecule has 0 aliphatic carbocycles. The molecule has 0 spiro atoms. The Morgan fingerprint density at radius 2 is 2.07 bits per heavy atom. The lowest BCUT2D eigenvalue weighted by molar-refractivity contribution is -0.192. The van der Waals surface area contributed by atoms with E-state index in [0.717, 1.165) is 54.7 Å². The number of hydrogen-bond acceptors (Lipinski definition) is 4. The van der Waals surface area contributed by atoms with Crippen molar-refractivity contribution >= 4 is 17.6 Å².